The van der Waals surface area contributed by atoms with Crippen molar-refractivity contribution in [2.45, 2.75) is 34.2 Å². The van der Waals surface area contributed by atoms with E-state index in [-0.39, 0.29) is 17.3 Å². The van der Waals surface area contributed by atoms with Crippen molar-refractivity contribution in [3.8, 4) is 5.75 Å². The van der Waals surface area contributed by atoms with Gasteiger partial charge in [-0.1, -0.05) is 47.5 Å². The number of aromatic nitrogens is 2. The number of hydrogen-bond acceptors (Lipinski definition) is 4. The molecule has 0 bridgehead atoms. The molecule has 0 radical (unpaired) electrons. The molecule has 2 aromatic carbocycles. The van der Waals surface area contributed by atoms with Gasteiger partial charge in [-0.25, -0.2) is 4.68 Å². The Morgan fingerprint density at radius 2 is 1.71 bits per heavy atom. The number of benzene rings is 2. The van der Waals surface area contributed by atoms with Gasteiger partial charge in [0.05, 0.1) is 12.2 Å². The highest BCUT2D eigenvalue weighted by Crippen LogP contribution is 2.21. The molecule has 0 aliphatic heterocycles. The molecule has 0 unspecified atom stereocenters. The van der Waals surface area contributed by atoms with E-state index in [1.807, 2.05) is 57.2 Å². The Labute approximate surface area is 186 Å². The average Bonchev–Trinajstić information content (AvgIpc) is 3.01. The van der Waals surface area contributed by atoms with E-state index in [2.05, 4.69) is 16.0 Å². The second-order valence-corrected chi connectivity index (χ2v) is 7.79. The Morgan fingerprint density at radius 1 is 1.00 bits per heavy atom. The third-order valence-corrected chi connectivity index (χ3v) is 5.29. The quantitative estimate of drug-likeness (QED) is 0.573. The summed E-state index contributed by atoms with van der Waals surface area (Å²) in [6.07, 6.45) is 0. The fourth-order valence-electron chi connectivity index (χ4n) is 2.96. The van der Waals surface area contributed by atoms with Crippen molar-refractivity contribution in [3.05, 3.63) is 81.1 Å². The molecule has 2 N–H and O–H groups in total. The number of carbonyl (C=O) groups excluding carboxylic acids is 2. The monoisotopic (exact) mass is 440 g/mol. The first kappa shape index (κ1) is 22.4. The first-order valence-electron chi connectivity index (χ1n) is 9.82. The summed E-state index contributed by atoms with van der Waals surface area (Å²) >= 11 is 6.39. The standard InChI is InChI=1S/C23H25ClN4O3/c1-14-5-8-18(9-6-14)12-28-22(24)21(17(4)27-28)23(30)26-25-20(29)13-31-19-10-7-15(2)16(3)11-19/h5-11H,12-13H2,1-4H3,(H,25,29)(H,26,30). The van der Waals surface area contributed by atoms with Crippen LogP contribution in [-0.2, 0) is 11.3 Å². The maximum absolute atomic E-state index is 12.6. The molecule has 8 heteroatoms. The lowest BCUT2D eigenvalue weighted by atomic mass is 10.1. The van der Waals surface area contributed by atoms with E-state index in [0.29, 0.717) is 18.0 Å². The minimum atomic E-state index is -0.544. The van der Waals surface area contributed by atoms with Gasteiger partial charge in [0.25, 0.3) is 11.8 Å². The van der Waals surface area contributed by atoms with Crippen molar-refractivity contribution in [2.75, 3.05) is 6.61 Å². The van der Waals surface area contributed by atoms with Crippen LogP contribution in [0.15, 0.2) is 42.5 Å². The fourth-order valence-corrected chi connectivity index (χ4v) is 3.28. The van der Waals surface area contributed by atoms with Gasteiger partial charge >= 0.3 is 0 Å². The molecule has 3 rings (SSSR count). The lowest BCUT2D eigenvalue weighted by Gasteiger charge is -2.10. The van der Waals surface area contributed by atoms with Crippen LogP contribution in [0.25, 0.3) is 0 Å². The van der Waals surface area contributed by atoms with Gasteiger partial charge in [0.1, 0.15) is 16.5 Å². The minimum absolute atomic E-state index is 0.205. The SMILES string of the molecule is Cc1ccc(Cn2nc(C)c(C(=O)NNC(=O)COc3ccc(C)c(C)c3)c2Cl)cc1. The van der Waals surface area contributed by atoms with Crippen LogP contribution < -0.4 is 15.6 Å². The smallest absolute Gasteiger partial charge is 0.276 e. The third-order valence-electron chi connectivity index (χ3n) is 4.91. The van der Waals surface area contributed by atoms with E-state index < -0.39 is 11.8 Å². The third kappa shape index (κ3) is 5.64. The molecule has 0 aliphatic rings. The Morgan fingerprint density at radius 3 is 2.39 bits per heavy atom. The van der Waals surface area contributed by atoms with Gasteiger partial charge in [0.2, 0.25) is 0 Å². The predicted octanol–water partition coefficient (Wildman–Crippen LogP) is 3.66. The lowest BCUT2D eigenvalue weighted by molar-refractivity contribution is -0.123. The summed E-state index contributed by atoms with van der Waals surface area (Å²) in [7, 11) is 0. The van der Waals surface area contributed by atoms with Crippen molar-refractivity contribution in [3.63, 3.8) is 0 Å². The summed E-state index contributed by atoms with van der Waals surface area (Å²) in [5.41, 5.74) is 9.76. The number of amides is 2. The number of carbonyl (C=O) groups is 2. The zero-order valence-electron chi connectivity index (χ0n) is 18.0. The van der Waals surface area contributed by atoms with Crippen LogP contribution in [0.2, 0.25) is 5.15 Å². The first-order chi connectivity index (χ1) is 14.7. The summed E-state index contributed by atoms with van der Waals surface area (Å²) in [6.45, 7) is 7.87. The normalized spacial score (nSPS) is 10.6. The Balaban J connectivity index is 1.57. The Bertz CT molecular complexity index is 1110. The molecule has 162 valence electrons. The van der Waals surface area contributed by atoms with Gasteiger partial charge in [-0.3, -0.25) is 20.4 Å². The second kappa shape index (κ2) is 9.66. The molecule has 0 saturated heterocycles. The van der Waals surface area contributed by atoms with E-state index in [9.17, 15) is 9.59 Å². The van der Waals surface area contributed by atoms with Gasteiger partial charge in [-0.15, -0.1) is 0 Å². The molecule has 7 nitrogen and oxygen atoms in total. The van der Waals surface area contributed by atoms with Gasteiger partial charge in [-0.2, -0.15) is 5.10 Å². The van der Waals surface area contributed by atoms with Crippen molar-refractivity contribution < 1.29 is 14.3 Å². The van der Waals surface area contributed by atoms with Gasteiger partial charge in [-0.05, 0) is 56.5 Å². The van der Waals surface area contributed by atoms with Crippen molar-refractivity contribution in [1.82, 2.24) is 20.6 Å². The summed E-state index contributed by atoms with van der Waals surface area (Å²) < 4.78 is 7.02. The van der Waals surface area contributed by atoms with E-state index in [1.54, 1.807) is 17.7 Å². The van der Waals surface area contributed by atoms with Crippen LogP contribution in [0.5, 0.6) is 5.75 Å². The van der Waals surface area contributed by atoms with Gasteiger partial charge in [0, 0.05) is 0 Å². The van der Waals surface area contributed by atoms with Crippen molar-refractivity contribution >= 4 is 23.4 Å². The number of ether oxygens (including phenoxy) is 1. The molecule has 31 heavy (non-hydrogen) atoms. The summed E-state index contributed by atoms with van der Waals surface area (Å²) in [6, 6.07) is 13.5. The molecule has 0 aliphatic carbocycles. The molecular formula is C23H25ClN4O3. The second-order valence-electron chi connectivity index (χ2n) is 7.43. The summed E-state index contributed by atoms with van der Waals surface area (Å²) in [4.78, 5) is 24.6. The number of rotatable bonds is 6. The molecule has 3 aromatic rings. The molecule has 1 aromatic heterocycles. The molecule has 2 amide bonds. The predicted molar refractivity (Wildman–Crippen MR) is 119 cm³/mol. The van der Waals surface area contributed by atoms with Crippen molar-refractivity contribution in [1.29, 1.82) is 0 Å². The summed E-state index contributed by atoms with van der Waals surface area (Å²) in [5.74, 6) is -0.453. The highest BCUT2D eigenvalue weighted by molar-refractivity contribution is 6.33. The number of halogens is 1. The van der Waals surface area contributed by atoms with Crippen LogP contribution in [0, 0.1) is 27.7 Å². The number of nitrogens with zero attached hydrogens (tertiary/aromatic N) is 2. The van der Waals surface area contributed by atoms with Gasteiger partial charge < -0.3 is 4.74 Å². The summed E-state index contributed by atoms with van der Waals surface area (Å²) in [5, 5.41) is 4.56. The molecular weight excluding hydrogens is 416 g/mol. The maximum Gasteiger partial charge on any atom is 0.276 e. The van der Waals surface area contributed by atoms with E-state index in [0.717, 1.165) is 22.3 Å². The van der Waals surface area contributed by atoms with Crippen LogP contribution in [0.1, 0.15) is 38.3 Å². The van der Waals surface area contributed by atoms with Crippen LogP contribution >= 0.6 is 11.6 Å². The highest BCUT2D eigenvalue weighted by Gasteiger charge is 2.21. The number of hydrazine groups is 1. The largest absolute Gasteiger partial charge is 0.484 e. The van der Waals surface area contributed by atoms with Crippen LogP contribution in [0.3, 0.4) is 0 Å². The van der Waals surface area contributed by atoms with Crippen molar-refractivity contribution in [2.24, 2.45) is 0 Å². The number of hydrogen-bond donors (Lipinski definition) is 2. The molecule has 0 saturated carbocycles. The average molecular weight is 441 g/mol. The molecule has 0 spiro atoms. The number of aryl methyl sites for hydroxylation is 4. The number of nitrogens with one attached hydrogen (secondary N) is 2. The maximum atomic E-state index is 12.6. The lowest BCUT2D eigenvalue weighted by Crippen LogP contribution is -2.44. The Hall–Kier alpha value is -3.32. The zero-order chi connectivity index (χ0) is 22.5. The molecule has 0 atom stereocenters. The highest BCUT2D eigenvalue weighted by atomic mass is 35.5. The fraction of sp³-hybridized carbons (Fsp3) is 0.261. The van der Waals surface area contributed by atoms with Crippen LogP contribution in [0.4, 0.5) is 0 Å². The van der Waals surface area contributed by atoms with E-state index in [1.165, 1.54) is 0 Å². The van der Waals surface area contributed by atoms with E-state index >= 15 is 0 Å². The minimum Gasteiger partial charge on any atom is -0.484 e. The van der Waals surface area contributed by atoms with E-state index in [4.69, 9.17) is 16.3 Å². The zero-order valence-corrected chi connectivity index (χ0v) is 18.7. The van der Waals surface area contributed by atoms with Crippen LogP contribution in [-0.4, -0.2) is 28.2 Å². The first-order valence-corrected chi connectivity index (χ1v) is 10.2. The van der Waals surface area contributed by atoms with Gasteiger partial charge in [0.15, 0.2) is 6.61 Å². The topological polar surface area (TPSA) is 85.3 Å². The molecule has 1 heterocycles. The molecule has 0 fully saturated rings. The Kier molecular flexibility index (Phi) is 6.97.